The van der Waals surface area contributed by atoms with Gasteiger partial charge in [-0.1, -0.05) is 18.2 Å². The molecule has 1 fully saturated rings. The highest BCUT2D eigenvalue weighted by atomic mass is 16.5. The van der Waals surface area contributed by atoms with Crippen LogP contribution in [0.4, 0.5) is 0 Å². The number of aromatic nitrogens is 1. The molecular weight excluding hydrogens is 316 g/mol. The monoisotopic (exact) mass is 336 g/mol. The van der Waals surface area contributed by atoms with Crippen LogP contribution in [-0.2, 0) is 11.3 Å². The van der Waals surface area contributed by atoms with E-state index in [1.165, 1.54) is 0 Å². The van der Waals surface area contributed by atoms with Gasteiger partial charge in [-0.3, -0.25) is 4.79 Å². The second-order valence-electron chi connectivity index (χ2n) is 6.24. The number of ether oxygens (including phenoxy) is 1. The van der Waals surface area contributed by atoms with Gasteiger partial charge in [0.1, 0.15) is 0 Å². The molecule has 0 saturated carbocycles. The number of hydrogen-bond acceptors (Lipinski definition) is 3. The van der Waals surface area contributed by atoms with E-state index >= 15 is 0 Å². The minimum Gasteiger partial charge on any atom is -0.392 e. The summed E-state index contributed by atoms with van der Waals surface area (Å²) in [6.07, 6.45) is 0. The third-order valence-corrected chi connectivity index (χ3v) is 4.61. The van der Waals surface area contributed by atoms with Crippen LogP contribution in [0.15, 0.2) is 48.5 Å². The first-order valence-electron chi connectivity index (χ1n) is 8.44. The molecule has 0 radical (unpaired) electrons. The Bertz CT molecular complexity index is 893. The number of nitrogens with zero attached hydrogens (tertiary/aromatic N) is 1. The number of carbonyl (C=O) groups excluding carboxylic acids is 1. The van der Waals surface area contributed by atoms with Crippen LogP contribution in [-0.4, -0.2) is 47.2 Å². The molecule has 5 heteroatoms. The molecule has 0 spiro atoms. The lowest BCUT2D eigenvalue weighted by atomic mass is 10.1. The van der Waals surface area contributed by atoms with Gasteiger partial charge in [-0.15, -0.1) is 0 Å². The maximum absolute atomic E-state index is 12.5. The van der Waals surface area contributed by atoms with E-state index in [9.17, 15) is 9.90 Å². The molecular formula is C20H20N2O3. The van der Waals surface area contributed by atoms with Crippen LogP contribution < -0.4 is 0 Å². The molecule has 1 saturated heterocycles. The highest BCUT2D eigenvalue weighted by Crippen LogP contribution is 2.25. The van der Waals surface area contributed by atoms with Crippen molar-refractivity contribution < 1.29 is 14.6 Å². The fourth-order valence-corrected chi connectivity index (χ4v) is 3.18. The number of nitrogens with one attached hydrogen (secondary N) is 1. The quantitative estimate of drug-likeness (QED) is 0.773. The number of benzene rings is 2. The Kier molecular flexibility index (Phi) is 4.26. The lowest BCUT2D eigenvalue weighted by Gasteiger charge is -2.26. The number of amides is 1. The summed E-state index contributed by atoms with van der Waals surface area (Å²) in [7, 11) is 0. The minimum absolute atomic E-state index is 0.0365. The van der Waals surface area contributed by atoms with E-state index in [1.807, 2.05) is 47.4 Å². The molecule has 3 aromatic rings. The van der Waals surface area contributed by atoms with Crippen molar-refractivity contribution in [2.75, 3.05) is 26.3 Å². The van der Waals surface area contributed by atoms with Crippen LogP contribution in [0.5, 0.6) is 0 Å². The van der Waals surface area contributed by atoms with E-state index in [0.717, 1.165) is 27.7 Å². The van der Waals surface area contributed by atoms with Crippen LogP contribution in [0, 0.1) is 0 Å². The first-order valence-corrected chi connectivity index (χ1v) is 8.44. The average Bonchev–Trinajstić information content (AvgIpc) is 3.11. The molecule has 25 heavy (non-hydrogen) atoms. The minimum atomic E-state index is 0.0365. The lowest BCUT2D eigenvalue weighted by molar-refractivity contribution is 0.0303. The van der Waals surface area contributed by atoms with Crippen LogP contribution >= 0.6 is 0 Å². The maximum Gasteiger partial charge on any atom is 0.254 e. The van der Waals surface area contributed by atoms with Crippen molar-refractivity contribution in [2.24, 2.45) is 0 Å². The number of aromatic amines is 1. The second-order valence-corrected chi connectivity index (χ2v) is 6.24. The number of H-pyrrole nitrogens is 1. The summed E-state index contributed by atoms with van der Waals surface area (Å²) in [4.78, 5) is 17.7. The molecule has 0 unspecified atom stereocenters. The van der Waals surface area contributed by atoms with Crippen LogP contribution in [0.3, 0.4) is 0 Å². The molecule has 0 aliphatic carbocycles. The Hall–Kier alpha value is -2.63. The van der Waals surface area contributed by atoms with Gasteiger partial charge in [0.2, 0.25) is 0 Å². The van der Waals surface area contributed by atoms with Crippen LogP contribution in [0.2, 0.25) is 0 Å². The van der Waals surface area contributed by atoms with E-state index in [-0.39, 0.29) is 12.5 Å². The predicted octanol–water partition coefficient (Wildman–Crippen LogP) is 2.80. The highest BCUT2D eigenvalue weighted by molar-refractivity contribution is 5.95. The third kappa shape index (κ3) is 3.16. The number of fused-ring (bicyclic) bond motifs is 1. The molecule has 1 aliphatic rings. The summed E-state index contributed by atoms with van der Waals surface area (Å²) in [5, 5.41) is 10.3. The Labute approximate surface area is 145 Å². The summed E-state index contributed by atoms with van der Waals surface area (Å²) in [5.41, 5.74) is 4.64. The fraction of sp³-hybridized carbons (Fsp3) is 0.250. The number of aliphatic hydroxyl groups excluding tert-OH is 1. The molecule has 4 rings (SSSR count). The zero-order valence-electron chi connectivity index (χ0n) is 13.9. The van der Waals surface area contributed by atoms with E-state index in [0.29, 0.717) is 31.9 Å². The number of morpholine rings is 1. The van der Waals surface area contributed by atoms with E-state index in [4.69, 9.17) is 4.74 Å². The zero-order valence-corrected chi connectivity index (χ0v) is 13.9. The molecule has 2 N–H and O–H groups in total. The summed E-state index contributed by atoms with van der Waals surface area (Å²) >= 11 is 0. The number of aliphatic hydroxyl groups is 1. The average molecular weight is 336 g/mol. The summed E-state index contributed by atoms with van der Waals surface area (Å²) in [5.74, 6) is 0.0547. The van der Waals surface area contributed by atoms with Gasteiger partial charge < -0.3 is 19.7 Å². The SMILES string of the molecule is O=C(c1ccc(-c2cc3cc(CO)ccc3[nH]2)cc1)N1CCOCC1. The third-order valence-electron chi connectivity index (χ3n) is 4.61. The lowest BCUT2D eigenvalue weighted by Crippen LogP contribution is -2.40. The maximum atomic E-state index is 12.5. The normalized spacial score (nSPS) is 14.8. The van der Waals surface area contributed by atoms with Crippen molar-refractivity contribution in [3.8, 4) is 11.3 Å². The van der Waals surface area contributed by atoms with Crippen LogP contribution in [0.25, 0.3) is 22.2 Å². The summed E-state index contributed by atoms with van der Waals surface area (Å²) < 4.78 is 5.29. The van der Waals surface area contributed by atoms with Gasteiger partial charge in [0.05, 0.1) is 19.8 Å². The van der Waals surface area contributed by atoms with Crippen molar-refractivity contribution in [2.45, 2.75) is 6.61 Å². The molecule has 5 nitrogen and oxygen atoms in total. The van der Waals surface area contributed by atoms with Gasteiger partial charge >= 0.3 is 0 Å². The molecule has 1 amide bonds. The summed E-state index contributed by atoms with van der Waals surface area (Å²) in [6.45, 7) is 2.55. The first kappa shape index (κ1) is 15.9. The van der Waals surface area contributed by atoms with E-state index < -0.39 is 0 Å². The van der Waals surface area contributed by atoms with Crippen molar-refractivity contribution in [3.05, 3.63) is 59.7 Å². The van der Waals surface area contributed by atoms with Crippen LogP contribution in [0.1, 0.15) is 15.9 Å². The van der Waals surface area contributed by atoms with Crippen molar-refractivity contribution >= 4 is 16.8 Å². The standard InChI is InChI=1S/C20H20N2O3/c23-13-14-1-6-18-17(11-14)12-19(21-18)15-2-4-16(5-3-15)20(24)22-7-9-25-10-8-22/h1-6,11-12,21,23H,7-10,13H2. The van der Waals surface area contributed by atoms with Gasteiger partial charge in [0.15, 0.2) is 0 Å². The zero-order chi connectivity index (χ0) is 17.2. The van der Waals surface area contributed by atoms with Crippen molar-refractivity contribution in [1.29, 1.82) is 0 Å². The molecule has 0 bridgehead atoms. The summed E-state index contributed by atoms with van der Waals surface area (Å²) in [6, 6.07) is 15.6. The van der Waals surface area contributed by atoms with Gasteiger partial charge in [-0.2, -0.15) is 0 Å². The Morgan fingerprint density at radius 1 is 1.08 bits per heavy atom. The molecule has 2 aromatic carbocycles. The number of rotatable bonds is 3. The van der Waals surface area contributed by atoms with Gasteiger partial charge in [0, 0.05) is 35.2 Å². The topological polar surface area (TPSA) is 65.6 Å². The van der Waals surface area contributed by atoms with E-state index in [1.54, 1.807) is 0 Å². The molecule has 1 aliphatic heterocycles. The van der Waals surface area contributed by atoms with Crippen molar-refractivity contribution in [3.63, 3.8) is 0 Å². The second kappa shape index (κ2) is 6.70. The molecule has 1 aromatic heterocycles. The Morgan fingerprint density at radius 3 is 2.56 bits per heavy atom. The molecule has 128 valence electrons. The number of hydrogen-bond donors (Lipinski definition) is 2. The molecule has 0 atom stereocenters. The van der Waals surface area contributed by atoms with Gasteiger partial charge in [-0.05, 0) is 41.5 Å². The largest absolute Gasteiger partial charge is 0.392 e. The molecule has 2 heterocycles. The first-order chi connectivity index (χ1) is 12.2. The highest BCUT2D eigenvalue weighted by Gasteiger charge is 2.18. The number of carbonyl (C=O) groups is 1. The Morgan fingerprint density at radius 2 is 1.84 bits per heavy atom. The predicted molar refractivity (Wildman–Crippen MR) is 96.4 cm³/mol. The van der Waals surface area contributed by atoms with E-state index in [2.05, 4.69) is 11.1 Å². The smallest absolute Gasteiger partial charge is 0.254 e. The van der Waals surface area contributed by atoms with Crippen molar-refractivity contribution in [1.82, 2.24) is 9.88 Å². The fourth-order valence-electron chi connectivity index (χ4n) is 3.18. The Balaban J connectivity index is 1.58. The van der Waals surface area contributed by atoms with Gasteiger partial charge in [0.25, 0.3) is 5.91 Å². The van der Waals surface area contributed by atoms with Gasteiger partial charge in [-0.25, -0.2) is 0 Å².